The average Bonchev–Trinajstić information content (AvgIpc) is 2.29. The molecular formula is C13H17NO. The monoisotopic (exact) mass is 203 g/mol. The highest BCUT2D eigenvalue weighted by Crippen LogP contribution is 2.46. The Bertz CT molecular complexity index is 377. The van der Waals surface area contributed by atoms with Crippen LogP contribution in [0.1, 0.15) is 31.2 Å². The van der Waals surface area contributed by atoms with E-state index in [0.717, 1.165) is 18.8 Å². The molecule has 80 valence electrons. The number of hydrogen-bond donors (Lipinski definition) is 1. The second kappa shape index (κ2) is 3.24. The van der Waals surface area contributed by atoms with Gasteiger partial charge in [0, 0.05) is 11.5 Å². The van der Waals surface area contributed by atoms with Crippen LogP contribution in [0.3, 0.4) is 0 Å². The van der Waals surface area contributed by atoms with Crippen LogP contribution in [0.4, 0.5) is 0 Å². The Balaban J connectivity index is 2.09. The Morgan fingerprint density at radius 2 is 2.13 bits per heavy atom. The fourth-order valence-corrected chi connectivity index (χ4v) is 3.02. The molecule has 0 saturated heterocycles. The Morgan fingerprint density at radius 3 is 3.07 bits per heavy atom. The third kappa shape index (κ3) is 1.28. The Labute approximate surface area is 90.4 Å². The lowest BCUT2D eigenvalue weighted by molar-refractivity contribution is 0.0906. The number of nitrogens with two attached hydrogens (primary N) is 1. The molecule has 1 saturated carbocycles. The standard InChI is InChI=1S/C13H17NO/c14-13-8-4-3-5-10(13)9-15-12-7-2-1-6-11(12)13/h1-2,6-7,10H,3-5,8-9,14H2/t10-,13+/m1/s1. The molecule has 1 aliphatic heterocycles. The summed E-state index contributed by atoms with van der Waals surface area (Å²) in [5.41, 5.74) is 7.70. The highest BCUT2D eigenvalue weighted by molar-refractivity contribution is 5.41. The number of rotatable bonds is 0. The topological polar surface area (TPSA) is 35.2 Å². The molecule has 0 aromatic heterocycles. The van der Waals surface area contributed by atoms with Gasteiger partial charge in [0.15, 0.2) is 0 Å². The van der Waals surface area contributed by atoms with E-state index < -0.39 is 0 Å². The molecule has 3 rings (SSSR count). The number of fused-ring (bicyclic) bond motifs is 3. The summed E-state index contributed by atoms with van der Waals surface area (Å²) in [6.45, 7) is 0.799. The number of benzene rings is 1. The van der Waals surface area contributed by atoms with Crippen LogP contribution in [0.15, 0.2) is 24.3 Å². The maximum Gasteiger partial charge on any atom is 0.124 e. The third-order valence-corrected chi connectivity index (χ3v) is 3.95. The van der Waals surface area contributed by atoms with Crippen molar-refractivity contribution in [2.75, 3.05) is 6.61 Å². The van der Waals surface area contributed by atoms with E-state index in [1.165, 1.54) is 24.8 Å². The van der Waals surface area contributed by atoms with Gasteiger partial charge in [-0.2, -0.15) is 0 Å². The summed E-state index contributed by atoms with van der Waals surface area (Å²) in [5.74, 6) is 1.51. The van der Waals surface area contributed by atoms with E-state index >= 15 is 0 Å². The molecule has 0 spiro atoms. The maximum absolute atomic E-state index is 6.60. The van der Waals surface area contributed by atoms with Crippen LogP contribution < -0.4 is 10.5 Å². The highest BCUT2D eigenvalue weighted by Gasteiger charge is 2.43. The van der Waals surface area contributed by atoms with Crippen molar-refractivity contribution in [1.29, 1.82) is 0 Å². The average molecular weight is 203 g/mol. The van der Waals surface area contributed by atoms with Gasteiger partial charge < -0.3 is 10.5 Å². The molecule has 1 aliphatic carbocycles. The maximum atomic E-state index is 6.60. The molecule has 0 unspecified atom stereocenters. The summed E-state index contributed by atoms with van der Waals surface area (Å²) < 4.78 is 5.78. The largest absolute Gasteiger partial charge is 0.493 e. The number of para-hydroxylation sites is 1. The van der Waals surface area contributed by atoms with Gasteiger partial charge in [-0.25, -0.2) is 0 Å². The predicted octanol–water partition coefficient (Wildman–Crippen LogP) is 2.42. The first-order chi connectivity index (χ1) is 7.31. The van der Waals surface area contributed by atoms with E-state index in [9.17, 15) is 0 Å². The fraction of sp³-hybridized carbons (Fsp3) is 0.538. The predicted molar refractivity (Wildman–Crippen MR) is 59.8 cm³/mol. The minimum Gasteiger partial charge on any atom is -0.493 e. The second-order valence-electron chi connectivity index (χ2n) is 4.79. The summed E-state index contributed by atoms with van der Waals surface area (Å²) >= 11 is 0. The van der Waals surface area contributed by atoms with E-state index in [2.05, 4.69) is 12.1 Å². The summed E-state index contributed by atoms with van der Waals surface area (Å²) in [5, 5.41) is 0. The smallest absolute Gasteiger partial charge is 0.124 e. The molecule has 2 atom stereocenters. The summed E-state index contributed by atoms with van der Waals surface area (Å²) in [7, 11) is 0. The van der Waals surface area contributed by atoms with Crippen LogP contribution >= 0.6 is 0 Å². The molecule has 0 bridgehead atoms. The van der Waals surface area contributed by atoms with Crippen molar-refractivity contribution < 1.29 is 4.74 Å². The van der Waals surface area contributed by atoms with E-state index in [1.807, 2.05) is 12.1 Å². The van der Waals surface area contributed by atoms with Gasteiger partial charge in [0.25, 0.3) is 0 Å². The van der Waals surface area contributed by atoms with Crippen LogP contribution in [0, 0.1) is 5.92 Å². The van der Waals surface area contributed by atoms with Crippen molar-refractivity contribution >= 4 is 0 Å². The molecule has 2 aliphatic rings. The van der Waals surface area contributed by atoms with Gasteiger partial charge in [-0.15, -0.1) is 0 Å². The van der Waals surface area contributed by atoms with Crippen molar-refractivity contribution in [3.8, 4) is 5.75 Å². The zero-order chi connectivity index (χ0) is 10.3. The Morgan fingerprint density at radius 1 is 1.27 bits per heavy atom. The van der Waals surface area contributed by atoms with Gasteiger partial charge in [0.1, 0.15) is 5.75 Å². The van der Waals surface area contributed by atoms with E-state index in [1.54, 1.807) is 0 Å². The molecule has 0 amide bonds. The van der Waals surface area contributed by atoms with E-state index in [4.69, 9.17) is 10.5 Å². The van der Waals surface area contributed by atoms with Gasteiger partial charge in [-0.3, -0.25) is 0 Å². The normalized spacial score (nSPS) is 33.8. The van der Waals surface area contributed by atoms with E-state index in [-0.39, 0.29) is 5.54 Å². The van der Waals surface area contributed by atoms with Crippen molar-refractivity contribution in [2.45, 2.75) is 31.2 Å². The van der Waals surface area contributed by atoms with Crippen LogP contribution in [0.5, 0.6) is 5.75 Å². The highest BCUT2D eigenvalue weighted by atomic mass is 16.5. The van der Waals surface area contributed by atoms with Crippen molar-refractivity contribution in [1.82, 2.24) is 0 Å². The van der Waals surface area contributed by atoms with Crippen LogP contribution in [0.25, 0.3) is 0 Å². The van der Waals surface area contributed by atoms with Gasteiger partial charge in [-0.1, -0.05) is 31.0 Å². The van der Waals surface area contributed by atoms with Crippen LogP contribution in [-0.2, 0) is 5.54 Å². The zero-order valence-corrected chi connectivity index (χ0v) is 8.91. The van der Waals surface area contributed by atoms with Crippen molar-refractivity contribution in [3.05, 3.63) is 29.8 Å². The van der Waals surface area contributed by atoms with Gasteiger partial charge in [0.2, 0.25) is 0 Å². The number of ether oxygens (including phenoxy) is 1. The summed E-state index contributed by atoms with van der Waals surface area (Å²) in [6, 6.07) is 8.25. The molecule has 15 heavy (non-hydrogen) atoms. The zero-order valence-electron chi connectivity index (χ0n) is 8.91. The minimum absolute atomic E-state index is 0.118. The first-order valence-electron chi connectivity index (χ1n) is 5.82. The van der Waals surface area contributed by atoms with Gasteiger partial charge in [-0.05, 0) is 18.9 Å². The fourth-order valence-electron chi connectivity index (χ4n) is 3.02. The lowest BCUT2D eigenvalue weighted by Crippen LogP contribution is -2.51. The molecular weight excluding hydrogens is 186 g/mol. The molecule has 0 radical (unpaired) electrons. The van der Waals surface area contributed by atoms with Crippen LogP contribution in [0.2, 0.25) is 0 Å². The molecule has 1 heterocycles. The van der Waals surface area contributed by atoms with Crippen molar-refractivity contribution in [2.24, 2.45) is 11.7 Å². The van der Waals surface area contributed by atoms with Crippen molar-refractivity contribution in [3.63, 3.8) is 0 Å². The van der Waals surface area contributed by atoms with Crippen LogP contribution in [-0.4, -0.2) is 6.61 Å². The Kier molecular flexibility index (Phi) is 1.99. The lowest BCUT2D eigenvalue weighted by Gasteiger charge is -2.45. The first-order valence-corrected chi connectivity index (χ1v) is 5.82. The SMILES string of the molecule is N[C@@]12CCCC[C@@H]1COc1ccccc12. The lowest BCUT2D eigenvalue weighted by atomic mass is 9.68. The van der Waals surface area contributed by atoms with Gasteiger partial charge in [0.05, 0.1) is 12.1 Å². The molecule has 2 heteroatoms. The molecule has 1 aromatic rings. The molecule has 2 N–H and O–H groups in total. The molecule has 2 nitrogen and oxygen atoms in total. The Hall–Kier alpha value is -1.02. The molecule has 1 fully saturated rings. The second-order valence-corrected chi connectivity index (χ2v) is 4.79. The number of hydrogen-bond acceptors (Lipinski definition) is 2. The van der Waals surface area contributed by atoms with E-state index in [0.29, 0.717) is 5.92 Å². The van der Waals surface area contributed by atoms with Gasteiger partial charge >= 0.3 is 0 Å². The quantitative estimate of drug-likeness (QED) is 0.702. The summed E-state index contributed by atoms with van der Waals surface area (Å²) in [6.07, 6.45) is 4.87. The third-order valence-electron chi connectivity index (χ3n) is 3.95. The first kappa shape index (κ1) is 9.22. The summed E-state index contributed by atoms with van der Waals surface area (Å²) in [4.78, 5) is 0. The molecule has 1 aromatic carbocycles. The minimum atomic E-state index is -0.118.